The first kappa shape index (κ1) is 9.82. The molecular formula is C13H21N. The van der Waals surface area contributed by atoms with Gasteiger partial charge in [0.15, 0.2) is 0 Å². The van der Waals surface area contributed by atoms with Crippen molar-refractivity contribution in [1.29, 1.82) is 0 Å². The first-order chi connectivity index (χ1) is 6.50. The Morgan fingerprint density at radius 1 is 1.14 bits per heavy atom. The molecule has 14 heavy (non-hydrogen) atoms. The molecular weight excluding hydrogens is 170 g/mol. The minimum atomic E-state index is 0.284. The van der Waals surface area contributed by atoms with Crippen molar-refractivity contribution in [2.24, 2.45) is 7.05 Å². The maximum Gasteiger partial charge on any atom is 0.0231 e. The fourth-order valence-corrected chi connectivity index (χ4v) is 2.58. The molecule has 0 atom stereocenters. The summed E-state index contributed by atoms with van der Waals surface area (Å²) in [5.41, 5.74) is 4.96. The van der Waals surface area contributed by atoms with E-state index in [0.29, 0.717) is 0 Å². The second kappa shape index (κ2) is 3.15. The van der Waals surface area contributed by atoms with Crippen molar-refractivity contribution in [2.75, 3.05) is 0 Å². The average molecular weight is 191 g/mol. The summed E-state index contributed by atoms with van der Waals surface area (Å²) in [4.78, 5) is 0. The van der Waals surface area contributed by atoms with Crippen molar-refractivity contribution in [2.45, 2.75) is 51.9 Å². The van der Waals surface area contributed by atoms with Crippen LogP contribution in [0.3, 0.4) is 0 Å². The van der Waals surface area contributed by atoms with E-state index in [0.717, 1.165) is 0 Å². The second-order valence-electron chi connectivity index (χ2n) is 5.52. The highest BCUT2D eigenvalue weighted by Gasteiger charge is 2.23. The standard InChI is InChI=1S/C13H21N/c1-13(2,3)12-9-10-7-5-6-8-11(10)14(12)4/h9H,5-8H2,1-4H3. The fourth-order valence-electron chi connectivity index (χ4n) is 2.58. The summed E-state index contributed by atoms with van der Waals surface area (Å²) in [5, 5.41) is 0. The van der Waals surface area contributed by atoms with Gasteiger partial charge in [-0.05, 0) is 37.3 Å². The highest BCUT2D eigenvalue weighted by molar-refractivity contribution is 5.33. The Labute approximate surface area is 87.1 Å². The lowest BCUT2D eigenvalue weighted by Gasteiger charge is -2.21. The molecule has 0 fully saturated rings. The van der Waals surface area contributed by atoms with Crippen LogP contribution in [0.5, 0.6) is 0 Å². The lowest BCUT2D eigenvalue weighted by atomic mass is 9.91. The SMILES string of the molecule is Cn1c(C(C)(C)C)cc2c1CCCC2. The molecule has 1 heterocycles. The van der Waals surface area contributed by atoms with Gasteiger partial charge in [-0.15, -0.1) is 0 Å². The van der Waals surface area contributed by atoms with Crippen molar-refractivity contribution in [3.8, 4) is 0 Å². The minimum Gasteiger partial charge on any atom is -0.351 e. The Balaban J connectivity index is 2.49. The molecule has 0 N–H and O–H groups in total. The van der Waals surface area contributed by atoms with E-state index in [1.807, 2.05) is 0 Å². The van der Waals surface area contributed by atoms with Gasteiger partial charge in [0.1, 0.15) is 0 Å². The molecule has 1 nitrogen and oxygen atoms in total. The maximum atomic E-state index is 2.43. The quantitative estimate of drug-likeness (QED) is 0.593. The van der Waals surface area contributed by atoms with E-state index < -0.39 is 0 Å². The fraction of sp³-hybridized carbons (Fsp3) is 0.692. The van der Waals surface area contributed by atoms with E-state index in [9.17, 15) is 0 Å². The summed E-state index contributed by atoms with van der Waals surface area (Å²) in [7, 11) is 2.23. The van der Waals surface area contributed by atoms with Crippen molar-refractivity contribution in [3.05, 3.63) is 23.0 Å². The van der Waals surface area contributed by atoms with Crippen molar-refractivity contribution in [1.82, 2.24) is 4.57 Å². The highest BCUT2D eigenvalue weighted by Crippen LogP contribution is 2.30. The molecule has 0 aliphatic heterocycles. The molecule has 1 aromatic rings. The lowest BCUT2D eigenvalue weighted by Crippen LogP contribution is -2.17. The van der Waals surface area contributed by atoms with E-state index in [1.165, 1.54) is 31.4 Å². The average Bonchev–Trinajstić information content (AvgIpc) is 2.44. The first-order valence-electron chi connectivity index (χ1n) is 5.68. The van der Waals surface area contributed by atoms with Crippen LogP contribution in [-0.4, -0.2) is 4.57 Å². The van der Waals surface area contributed by atoms with Crippen LogP contribution in [0.15, 0.2) is 6.07 Å². The van der Waals surface area contributed by atoms with E-state index >= 15 is 0 Å². The summed E-state index contributed by atoms with van der Waals surface area (Å²) >= 11 is 0. The van der Waals surface area contributed by atoms with Crippen LogP contribution >= 0.6 is 0 Å². The first-order valence-corrected chi connectivity index (χ1v) is 5.68. The number of fused-ring (bicyclic) bond motifs is 1. The third kappa shape index (κ3) is 1.49. The number of nitrogens with zero attached hydrogens (tertiary/aromatic N) is 1. The van der Waals surface area contributed by atoms with Crippen LogP contribution in [0.25, 0.3) is 0 Å². The van der Waals surface area contributed by atoms with Crippen LogP contribution in [0, 0.1) is 0 Å². The molecule has 0 spiro atoms. The van der Waals surface area contributed by atoms with Gasteiger partial charge in [-0.25, -0.2) is 0 Å². The third-order valence-electron chi connectivity index (χ3n) is 3.33. The number of hydrogen-bond acceptors (Lipinski definition) is 0. The van der Waals surface area contributed by atoms with E-state index in [2.05, 4.69) is 38.5 Å². The van der Waals surface area contributed by atoms with Crippen LogP contribution in [-0.2, 0) is 25.3 Å². The zero-order valence-electron chi connectivity index (χ0n) is 9.85. The van der Waals surface area contributed by atoms with Gasteiger partial charge >= 0.3 is 0 Å². The molecule has 1 aliphatic carbocycles. The summed E-state index contributed by atoms with van der Waals surface area (Å²) in [5.74, 6) is 0. The van der Waals surface area contributed by atoms with Gasteiger partial charge in [0.2, 0.25) is 0 Å². The summed E-state index contributed by atoms with van der Waals surface area (Å²) < 4.78 is 2.43. The van der Waals surface area contributed by atoms with Crippen molar-refractivity contribution in [3.63, 3.8) is 0 Å². The Kier molecular flexibility index (Phi) is 2.21. The van der Waals surface area contributed by atoms with E-state index in [4.69, 9.17) is 0 Å². The van der Waals surface area contributed by atoms with Crippen molar-refractivity contribution < 1.29 is 0 Å². The molecule has 0 unspecified atom stereocenters. The normalized spacial score (nSPS) is 16.9. The largest absolute Gasteiger partial charge is 0.351 e. The predicted octanol–water partition coefficient (Wildman–Crippen LogP) is 3.20. The number of aryl methyl sites for hydroxylation is 1. The summed E-state index contributed by atoms with van der Waals surface area (Å²) in [6.45, 7) is 6.90. The van der Waals surface area contributed by atoms with E-state index in [1.54, 1.807) is 11.3 Å². The van der Waals surface area contributed by atoms with Gasteiger partial charge in [0.05, 0.1) is 0 Å². The molecule has 0 saturated carbocycles. The number of hydrogen-bond donors (Lipinski definition) is 0. The van der Waals surface area contributed by atoms with E-state index in [-0.39, 0.29) is 5.41 Å². The molecule has 0 saturated heterocycles. The third-order valence-corrected chi connectivity index (χ3v) is 3.33. The topological polar surface area (TPSA) is 4.93 Å². The summed E-state index contributed by atoms with van der Waals surface area (Å²) in [6, 6.07) is 2.43. The van der Waals surface area contributed by atoms with Gasteiger partial charge < -0.3 is 4.57 Å². The van der Waals surface area contributed by atoms with Crippen LogP contribution in [0.2, 0.25) is 0 Å². The second-order valence-corrected chi connectivity index (χ2v) is 5.52. The molecule has 1 heteroatoms. The maximum absolute atomic E-state index is 2.43. The van der Waals surface area contributed by atoms with Gasteiger partial charge in [0, 0.05) is 23.9 Å². The Bertz CT molecular complexity index is 339. The van der Waals surface area contributed by atoms with Gasteiger partial charge in [-0.3, -0.25) is 0 Å². The Morgan fingerprint density at radius 2 is 1.79 bits per heavy atom. The molecule has 78 valence electrons. The Hall–Kier alpha value is -0.720. The minimum absolute atomic E-state index is 0.284. The van der Waals surface area contributed by atoms with Gasteiger partial charge in [-0.2, -0.15) is 0 Å². The van der Waals surface area contributed by atoms with Crippen molar-refractivity contribution >= 4 is 0 Å². The molecule has 0 bridgehead atoms. The highest BCUT2D eigenvalue weighted by atomic mass is 15.0. The molecule has 0 amide bonds. The number of aromatic nitrogens is 1. The molecule has 1 aliphatic rings. The zero-order chi connectivity index (χ0) is 10.3. The van der Waals surface area contributed by atoms with Gasteiger partial charge in [-0.1, -0.05) is 20.8 Å². The number of rotatable bonds is 0. The predicted molar refractivity (Wildman–Crippen MR) is 60.8 cm³/mol. The van der Waals surface area contributed by atoms with Crippen LogP contribution in [0.1, 0.15) is 50.6 Å². The molecule has 1 aromatic heterocycles. The molecule has 0 radical (unpaired) electrons. The zero-order valence-corrected chi connectivity index (χ0v) is 9.85. The molecule has 2 rings (SSSR count). The smallest absolute Gasteiger partial charge is 0.0231 e. The summed E-state index contributed by atoms with van der Waals surface area (Å²) in [6.07, 6.45) is 5.32. The van der Waals surface area contributed by atoms with Crippen LogP contribution < -0.4 is 0 Å². The molecule has 0 aromatic carbocycles. The Morgan fingerprint density at radius 3 is 2.36 bits per heavy atom. The van der Waals surface area contributed by atoms with Crippen LogP contribution in [0.4, 0.5) is 0 Å². The van der Waals surface area contributed by atoms with Gasteiger partial charge in [0.25, 0.3) is 0 Å². The monoisotopic (exact) mass is 191 g/mol. The lowest BCUT2D eigenvalue weighted by molar-refractivity contribution is 0.533.